The van der Waals surface area contributed by atoms with Crippen LogP contribution in [0, 0.1) is 5.41 Å². The number of amides is 1. The maximum atomic E-state index is 12.2. The molecule has 0 fully saturated rings. The molecule has 6 heteroatoms. The van der Waals surface area contributed by atoms with Gasteiger partial charge in [0, 0.05) is 13.2 Å². The second-order valence-corrected chi connectivity index (χ2v) is 7.97. The Kier molecular flexibility index (Phi) is 5.92. The topological polar surface area (TPSA) is 83.5 Å². The molecule has 0 bridgehead atoms. The zero-order valence-electron chi connectivity index (χ0n) is 12.7. The molecule has 0 heterocycles. The molecule has 1 aromatic rings. The summed E-state index contributed by atoms with van der Waals surface area (Å²) < 4.78 is 24.0. The Labute approximate surface area is 126 Å². The third-order valence-corrected chi connectivity index (χ3v) is 5.15. The number of carbonyl (C=O) groups is 1. The fraction of sp³-hybridized carbons (Fsp3) is 0.533. The number of hydrogen-bond acceptors (Lipinski definition) is 4. The van der Waals surface area contributed by atoms with Crippen LogP contribution in [0.1, 0.15) is 37.6 Å². The molecule has 0 aromatic heterocycles. The number of rotatable bonds is 7. The Morgan fingerprint density at radius 3 is 2.48 bits per heavy atom. The molecule has 5 nitrogen and oxygen atoms in total. The second kappa shape index (κ2) is 7.04. The molecule has 0 aliphatic rings. The fourth-order valence-electron chi connectivity index (χ4n) is 1.89. The molecule has 21 heavy (non-hydrogen) atoms. The van der Waals surface area contributed by atoms with Crippen molar-refractivity contribution in [3.05, 3.63) is 29.8 Å². The Bertz CT molecular complexity index is 593. The lowest BCUT2D eigenvalue weighted by Gasteiger charge is -2.24. The lowest BCUT2D eigenvalue weighted by atomic mass is 9.89. The molecule has 1 amide bonds. The Hall–Kier alpha value is -1.40. The molecule has 0 radical (unpaired) electrons. The van der Waals surface area contributed by atoms with Crippen molar-refractivity contribution in [3.63, 3.8) is 0 Å². The van der Waals surface area contributed by atoms with Gasteiger partial charge >= 0.3 is 0 Å². The summed E-state index contributed by atoms with van der Waals surface area (Å²) in [6.45, 7) is 5.82. The van der Waals surface area contributed by atoms with Gasteiger partial charge in [-0.15, -0.1) is 0 Å². The van der Waals surface area contributed by atoms with Crippen molar-refractivity contribution in [2.75, 3.05) is 18.9 Å². The molecule has 0 unspecified atom stereocenters. The molecule has 0 aliphatic carbocycles. The number of benzene rings is 1. The van der Waals surface area contributed by atoms with Gasteiger partial charge in [-0.25, -0.2) is 8.42 Å². The second-order valence-electron chi connectivity index (χ2n) is 5.72. The molecule has 2 N–H and O–H groups in total. The zero-order valence-corrected chi connectivity index (χ0v) is 13.5. The van der Waals surface area contributed by atoms with E-state index in [-0.39, 0.29) is 28.2 Å². The lowest BCUT2D eigenvalue weighted by Crippen LogP contribution is -2.35. The minimum absolute atomic E-state index is 0.0453. The molecular weight excluding hydrogens is 290 g/mol. The molecule has 0 aliphatic heterocycles. The van der Waals surface area contributed by atoms with Crippen LogP contribution in [0.3, 0.4) is 0 Å². The largest absolute Gasteiger partial charge is 0.396 e. The van der Waals surface area contributed by atoms with E-state index in [0.29, 0.717) is 13.0 Å². The molecule has 0 saturated heterocycles. The van der Waals surface area contributed by atoms with Crippen molar-refractivity contribution in [2.24, 2.45) is 5.41 Å². The summed E-state index contributed by atoms with van der Waals surface area (Å²) in [6.07, 6.45) is 0.558. The average Bonchev–Trinajstić information content (AvgIpc) is 2.45. The summed E-state index contributed by atoms with van der Waals surface area (Å²) in [5, 5.41) is 11.7. The standard InChI is InChI=1S/C15H23NO4S/c1-4-21(19,20)13-8-6-5-7-12(13)14(18)16-11-15(2,3)9-10-17/h5-8,17H,4,9-11H2,1-3H3,(H,16,18). The summed E-state index contributed by atoms with van der Waals surface area (Å²) in [6, 6.07) is 6.21. The van der Waals surface area contributed by atoms with Crippen LogP contribution in [0.2, 0.25) is 0 Å². The van der Waals surface area contributed by atoms with Crippen LogP contribution in [-0.4, -0.2) is 38.3 Å². The Morgan fingerprint density at radius 2 is 1.90 bits per heavy atom. The van der Waals surface area contributed by atoms with Crippen LogP contribution < -0.4 is 5.32 Å². The quantitative estimate of drug-likeness (QED) is 0.801. The normalized spacial score (nSPS) is 12.2. The number of sulfone groups is 1. The predicted molar refractivity (Wildman–Crippen MR) is 82.0 cm³/mol. The number of nitrogens with one attached hydrogen (secondary N) is 1. The number of hydrogen-bond donors (Lipinski definition) is 2. The predicted octanol–water partition coefficient (Wildman–Crippen LogP) is 1.62. The van der Waals surface area contributed by atoms with Gasteiger partial charge in [-0.1, -0.05) is 32.9 Å². The van der Waals surface area contributed by atoms with Crippen molar-refractivity contribution >= 4 is 15.7 Å². The summed E-state index contributed by atoms with van der Waals surface area (Å²) >= 11 is 0. The highest BCUT2D eigenvalue weighted by Crippen LogP contribution is 2.20. The maximum absolute atomic E-state index is 12.2. The van der Waals surface area contributed by atoms with E-state index in [4.69, 9.17) is 5.11 Å². The van der Waals surface area contributed by atoms with Crippen LogP contribution in [-0.2, 0) is 9.84 Å². The summed E-state index contributed by atoms with van der Waals surface area (Å²) in [7, 11) is -3.44. The number of carbonyl (C=O) groups excluding carboxylic acids is 1. The molecular formula is C15H23NO4S. The highest BCUT2D eigenvalue weighted by Gasteiger charge is 2.23. The van der Waals surface area contributed by atoms with Crippen molar-refractivity contribution in [1.82, 2.24) is 5.32 Å². The van der Waals surface area contributed by atoms with Gasteiger partial charge in [0.2, 0.25) is 0 Å². The Morgan fingerprint density at radius 1 is 1.29 bits per heavy atom. The van der Waals surface area contributed by atoms with Gasteiger partial charge in [-0.3, -0.25) is 4.79 Å². The van der Waals surface area contributed by atoms with Crippen molar-refractivity contribution in [3.8, 4) is 0 Å². The first kappa shape index (κ1) is 17.7. The van der Waals surface area contributed by atoms with E-state index >= 15 is 0 Å². The van der Waals surface area contributed by atoms with Gasteiger partial charge < -0.3 is 10.4 Å². The van der Waals surface area contributed by atoms with E-state index in [1.54, 1.807) is 19.1 Å². The highest BCUT2D eigenvalue weighted by atomic mass is 32.2. The minimum atomic E-state index is -3.44. The van der Waals surface area contributed by atoms with Crippen LogP contribution >= 0.6 is 0 Å². The summed E-state index contributed by atoms with van der Waals surface area (Å²) in [4.78, 5) is 12.3. The minimum Gasteiger partial charge on any atom is -0.396 e. The molecule has 1 rings (SSSR count). The lowest BCUT2D eigenvalue weighted by molar-refractivity contribution is 0.0925. The van der Waals surface area contributed by atoms with E-state index in [1.807, 2.05) is 13.8 Å². The summed E-state index contributed by atoms with van der Waals surface area (Å²) in [5.41, 5.74) is -0.0812. The fourth-order valence-corrected chi connectivity index (χ4v) is 2.98. The van der Waals surface area contributed by atoms with Gasteiger partial charge in [-0.05, 0) is 24.0 Å². The van der Waals surface area contributed by atoms with Crippen LogP contribution in [0.5, 0.6) is 0 Å². The van der Waals surface area contributed by atoms with Gasteiger partial charge in [0.25, 0.3) is 5.91 Å². The SMILES string of the molecule is CCS(=O)(=O)c1ccccc1C(=O)NCC(C)(C)CCO. The smallest absolute Gasteiger partial charge is 0.252 e. The average molecular weight is 313 g/mol. The number of aliphatic hydroxyl groups is 1. The van der Waals surface area contributed by atoms with Gasteiger partial charge in [0.15, 0.2) is 9.84 Å². The van der Waals surface area contributed by atoms with Gasteiger partial charge in [-0.2, -0.15) is 0 Å². The van der Waals surface area contributed by atoms with E-state index in [9.17, 15) is 13.2 Å². The van der Waals surface area contributed by atoms with Gasteiger partial charge in [0.05, 0.1) is 16.2 Å². The van der Waals surface area contributed by atoms with Crippen LogP contribution in [0.4, 0.5) is 0 Å². The molecule has 1 aromatic carbocycles. The van der Waals surface area contributed by atoms with E-state index in [1.165, 1.54) is 12.1 Å². The van der Waals surface area contributed by atoms with E-state index in [0.717, 1.165) is 0 Å². The highest BCUT2D eigenvalue weighted by molar-refractivity contribution is 7.91. The zero-order chi connectivity index (χ0) is 16.1. The maximum Gasteiger partial charge on any atom is 0.252 e. The summed E-state index contributed by atoms with van der Waals surface area (Å²) in [5.74, 6) is -0.457. The molecule has 0 atom stereocenters. The van der Waals surface area contributed by atoms with Crippen molar-refractivity contribution in [2.45, 2.75) is 32.1 Å². The Balaban J connectivity index is 2.95. The van der Waals surface area contributed by atoms with E-state index in [2.05, 4.69) is 5.32 Å². The molecule has 0 saturated carbocycles. The first-order valence-electron chi connectivity index (χ1n) is 6.94. The first-order valence-corrected chi connectivity index (χ1v) is 8.59. The molecule has 118 valence electrons. The number of aliphatic hydroxyl groups excluding tert-OH is 1. The third kappa shape index (κ3) is 4.82. The third-order valence-electron chi connectivity index (χ3n) is 3.36. The van der Waals surface area contributed by atoms with Crippen LogP contribution in [0.15, 0.2) is 29.2 Å². The van der Waals surface area contributed by atoms with Crippen molar-refractivity contribution < 1.29 is 18.3 Å². The first-order chi connectivity index (χ1) is 9.73. The van der Waals surface area contributed by atoms with E-state index < -0.39 is 15.7 Å². The van der Waals surface area contributed by atoms with Crippen molar-refractivity contribution in [1.29, 1.82) is 0 Å². The molecule has 0 spiro atoms. The van der Waals surface area contributed by atoms with Crippen LogP contribution in [0.25, 0.3) is 0 Å². The van der Waals surface area contributed by atoms with Gasteiger partial charge in [0.1, 0.15) is 0 Å². The monoisotopic (exact) mass is 313 g/mol.